The third-order valence-corrected chi connectivity index (χ3v) is 2.12. The Bertz CT molecular complexity index is 536. The van der Waals surface area contributed by atoms with E-state index < -0.39 is 11.9 Å². The molecule has 2 aromatic rings. The number of carboxylic acid groups (broad SMARTS) is 1. The number of amides is 1. The summed E-state index contributed by atoms with van der Waals surface area (Å²) in [5.74, 6) is -1.63. The average Bonchev–Trinajstić information content (AvgIpc) is 2.88. The number of carbonyl (C=O) groups excluding carboxylic acids is 1. The molecule has 0 unspecified atom stereocenters. The van der Waals surface area contributed by atoms with Crippen LogP contribution in [0.25, 0.3) is 0 Å². The number of aromatic carboxylic acids is 1. The van der Waals surface area contributed by atoms with Crippen LogP contribution in [-0.4, -0.2) is 46.8 Å². The van der Waals surface area contributed by atoms with E-state index in [9.17, 15) is 9.59 Å². The normalized spacial score (nSPS) is 10.1. The second-order valence-electron chi connectivity index (χ2n) is 2.82. The van der Waals surface area contributed by atoms with Crippen molar-refractivity contribution in [2.24, 2.45) is 0 Å². The largest absolute Gasteiger partial charge is 0.476 e. The van der Waals surface area contributed by atoms with Gasteiger partial charge >= 0.3 is 5.97 Å². The van der Waals surface area contributed by atoms with E-state index in [2.05, 4.69) is 30.4 Å². The molecule has 0 saturated carbocycles. The van der Waals surface area contributed by atoms with Gasteiger partial charge in [-0.2, -0.15) is 0 Å². The van der Waals surface area contributed by atoms with Gasteiger partial charge in [-0.3, -0.25) is 10.1 Å². The minimum absolute atomic E-state index is 0.167. The highest BCUT2D eigenvalue weighted by atomic mass is 32.1. The van der Waals surface area contributed by atoms with Gasteiger partial charge in [-0.1, -0.05) is 14.8 Å². The SMILES string of the molecule is O=C(Cn1cc(C(=O)O)nn1)Nc1nnns1. The summed E-state index contributed by atoms with van der Waals surface area (Å²) in [7, 11) is 0. The van der Waals surface area contributed by atoms with Gasteiger partial charge in [0.25, 0.3) is 0 Å². The molecule has 0 saturated heterocycles. The van der Waals surface area contributed by atoms with Crippen molar-refractivity contribution in [2.45, 2.75) is 6.54 Å². The first-order valence-electron chi connectivity index (χ1n) is 4.23. The second-order valence-corrected chi connectivity index (χ2v) is 3.55. The van der Waals surface area contributed by atoms with Crippen LogP contribution >= 0.6 is 11.5 Å². The molecule has 2 aromatic heterocycles. The summed E-state index contributed by atoms with van der Waals surface area (Å²) >= 11 is 0.928. The maximum Gasteiger partial charge on any atom is 0.358 e. The second kappa shape index (κ2) is 4.61. The molecule has 0 aliphatic heterocycles. The molecule has 0 atom stereocenters. The molecule has 0 aromatic carbocycles. The molecular formula is C6H5N7O3S. The van der Waals surface area contributed by atoms with Crippen molar-refractivity contribution < 1.29 is 14.7 Å². The molecule has 17 heavy (non-hydrogen) atoms. The number of aromatic nitrogens is 6. The molecule has 0 aliphatic carbocycles. The van der Waals surface area contributed by atoms with Gasteiger partial charge < -0.3 is 5.11 Å². The van der Waals surface area contributed by atoms with Gasteiger partial charge in [0, 0.05) is 11.5 Å². The van der Waals surface area contributed by atoms with E-state index in [0.29, 0.717) is 0 Å². The zero-order valence-corrected chi connectivity index (χ0v) is 8.96. The average molecular weight is 255 g/mol. The first-order valence-corrected chi connectivity index (χ1v) is 5.01. The fourth-order valence-corrected chi connectivity index (χ4v) is 1.34. The molecular weight excluding hydrogens is 250 g/mol. The Hall–Kier alpha value is -2.43. The summed E-state index contributed by atoms with van der Waals surface area (Å²) in [5, 5.41) is 24.9. The predicted octanol–water partition coefficient (Wildman–Crippen LogP) is -1.14. The van der Waals surface area contributed by atoms with Gasteiger partial charge in [-0.15, -0.1) is 5.10 Å². The topological polar surface area (TPSA) is 136 Å². The van der Waals surface area contributed by atoms with E-state index in [1.807, 2.05) is 0 Å². The van der Waals surface area contributed by atoms with Crippen molar-refractivity contribution in [2.75, 3.05) is 5.32 Å². The maximum atomic E-state index is 11.4. The van der Waals surface area contributed by atoms with Crippen LogP contribution in [0.2, 0.25) is 0 Å². The summed E-state index contributed by atoms with van der Waals surface area (Å²) in [6.45, 7) is -0.167. The van der Waals surface area contributed by atoms with E-state index in [1.54, 1.807) is 0 Å². The number of carboxylic acids is 1. The fraction of sp³-hybridized carbons (Fsp3) is 0.167. The quantitative estimate of drug-likeness (QED) is 0.699. The number of anilines is 1. The first-order chi connectivity index (χ1) is 8.15. The zero-order chi connectivity index (χ0) is 12.3. The Morgan fingerprint density at radius 2 is 2.29 bits per heavy atom. The third kappa shape index (κ3) is 2.78. The predicted molar refractivity (Wildman–Crippen MR) is 53.3 cm³/mol. The van der Waals surface area contributed by atoms with Crippen molar-refractivity contribution in [3.05, 3.63) is 11.9 Å². The van der Waals surface area contributed by atoms with E-state index in [4.69, 9.17) is 5.11 Å². The van der Waals surface area contributed by atoms with Crippen molar-refractivity contribution >= 4 is 28.5 Å². The van der Waals surface area contributed by atoms with Gasteiger partial charge in [0.05, 0.1) is 6.20 Å². The third-order valence-electron chi connectivity index (χ3n) is 1.61. The van der Waals surface area contributed by atoms with E-state index in [-0.39, 0.29) is 17.4 Å². The number of hydrogen-bond donors (Lipinski definition) is 2. The van der Waals surface area contributed by atoms with Gasteiger partial charge in [0.1, 0.15) is 6.54 Å². The fourth-order valence-electron chi connectivity index (χ4n) is 0.961. The lowest BCUT2D eigenvalue weighted by Crippen LogP contribution is -2.19. The Balaban J connectivity index is 1.96. The van der Waals surface area contributed by atoms with Gasteiger partial charge in [0.2, 0.25) is 11.0 Å². The number of nitrogens with zero attached hydrogens (tertiary/aromatic N) is 6. The standard InChI is InChI=1S/C6H5N7O3S/c14-4(7-6-9-10-12-17-6)2-13-1-3(5(15)16)8-11-13/h1H,2H2,(H,15,16)(H,7,9,12,14). The number of rotatable bonds is 4. The zero-order valence-electron chi connectivity index (χ0n) is 8.14. The van der Waals surface area contributed by atoms with Gasteiger partial charge in [0.15, 0.2) is 5.69 Å². The molecule has 10 nitrogen and oxygen atoms in total. The Morgan fingerprint density at radius 3 is 2.88 bits per heavy atom. The minimum Gasteiger partial charge on any atom is -0.476 e. The number of hydrogen-bond acceptors (Lipinski definition) is 8. The van der Waals surface area contributed by atoms with Crippen LogP contribution < -0.4 is 5.32 Å². The highest BCUT2D eigenvalue weighted by molar-refractivity contribution is 7.09. The molecule has 0 bridgehead atoms. The number of nitrogens with one attached hydrogen (secondary N) is 1. The molecule has 2 rings (SSSR count). The molecule has 0 radical (unpaired) electrons. The lowest BCUT2D eigenvalue weighted by atomic mass is 10.5. The monoisotopic (exact) mass is 255 g/mol. The summed E-state index contributed by atoms with van der Waals surface area (Å²) in [5.41, 5.74) is -0.226. The summed E-state index contributed by atoms with van der Waals surface area (Å²) < 4.78 is 4.57. The molecule has 11 heteroatoms. The van der Waals surface area contributed by atoms with Crippen LogP contribution in [0, 0.1) is 0 Å². The van der Waals surface area contributed by atoms with Crippen molar-refractivity contribution in [3.8, 4) is 0 Å². The van der Waals surface area contributed by atoms with E-state index in [1.165, 1.54) is 0 Å². The first kappa shape index (κ1) is 11.1. The van der Waals surface area contributed by atoms with Gasteiger partial charge in [-0.05, 0) is 5.21 Å². The summed E-state index contributed by atoms with van der Waals surface area (Å²) in [4.78, 5) is 21.9. The number of carbonyl (C=O) groups is 2. The summed E-state index contributed by atoms with van der Waals surface area (Å²) in [6.07, 6.45) is 1.15. The lowest BCUT2D eigenvalue weighted by Gasteiger charge is -1.98. The van der Waals surface area contributed by atoms with Crippen LogP contribution in [-0.2, 0) is 11.3 Å². The highest BCUT2D eigenvalue weighted by Crippen LogP contribution is 2.04. The molecule has 0 aliphatic rings. The van der Waals surface area contributed by atoms with E-state index in [0.717, 1.165) is 22.4 Å². The minimum atomic E-state index is -1.20. The maximum absolute atomic E-state index is 11.4. The summed E-state index contributed by atoms with van der Waals surface area (Å²) in [6, 6.07) is 0. The van der Waals surface area contributed by atoms with E-state index >= 15 is 0 Å². The molecule has 0 spiro atoms. The Morgan fingerprint density at radius 1 is 1.47 bits per heavy atom. The van der Waals surface area contributed by atoms with Crippen LogP contribution in [0.1, 0.15) is 10.5 Å². The van der Waals surface area contributed by atoms with Crippen LogP contribution in [0.3, 0.4) is 0 Å². The highest BCUT2D eigenvalue weighted by Gasteiger charge is 2.11. The molecule has 2 N–H and O–H groups in total. The Kier molecular flexibility index (Phi) is 3.00. The molecule has 1 amide bonds. The van der Waals surface area contributed by atoms with Crippen LogP contribution in [0.4, 0.5) is 5.13 Å². The smallest absolute Gasteiger partial charge is 0.358 e. The van der Waals surface area contributed by atoms with Crippen molar-refractivity contribution in [3.63, 3.8) is 0 Å². The van der Waals surface area contributed by atoms with Crippen LogP contribution in [0.15, 0.2) is 6.20 Å². The van der Waals surface area contributed by atoms with Crippen molar-refractivity contribution in [1.82, 2.24) is 29.8 Å². The molecule has 0 fully saturated rings. The van der Waals surface area contributed by atoms with Crippen molar-refractivity contribution in [1.29, 1.82) is 0 Å². The Labute approximate surface area is 97.4 Å². The molecule has 2 heterocycles. The van der Waals surface area contributed by atoms with Crippen LogP contribution in [0.5, 0.6) is 0 Å². The lowest BCUT2D eigenvalue weighted by molar-refractivity contribution is -0.116. The molecule has 88 valence electrons. The van der Waals surface area contributed by atoms with Gasteiger partial charge in [-0.25, -0.2) is 9.48 Å².